The summed E-state index contributed by atoms with van der Waals surface area (Å²) < 4.78 is 18.3. The molecular weight excluding hydrogens is 643 g/mol. The van der Waals surface area contributed by atoms with Crippen LogP contribution >= 0.6 is 22.6 Å². The fourth-order valence-electron chi connectivity index (χ4n) is 5.21. The number of fused-ring (bicyclic) bond motifs is 1. The molecule has 216 valence electrons. The summed E-state index contributed by atoms with van der Waals surface area (Å²) in [5, 5.41) is 24.1. The van der Waals surface area contributed by atoms with Gasteiger partial charge in [-0.3, -0.25) is 9.59 Å². The minimum Gasteiger partial charge on any atom is -0.482 e. The first-order chi connectivity index (χ1) is 19.9. The molecule has 3 N–H and O–H groups in total. The van der Waals surface area contributed by atoms with Crippen LogP contribution < -0.4 is 15.7 Å². The highest BCUT2D eigenvalue weighted by Crippen LogP contribution is 2.31. The van der Waals surface area contributed by atoms with Crippen LogP contribution in [0.3, 0.4) is 0 Å². The van der Waals surface area contributed by atoms with Gasteiger partial charge in [-0.15, -0.1) is 0 Å². The Morgan fingerprint density at radius 2 is 1.93 bits per heavy atom. The number of nitrogens with one attached hydrogen (secondary N) is 1. The van der Waals surface area contributed by atoms with Crippen LogP contribution in [0.25, 0.3) is 11.0 Å². The van der Waals surface area contributed by atoms with Crippen molar-refractivity contribution < 1.29 is 33.7 Å². The molecule has 11 heteroatoms. The highest BCUT2D eigenvalue weighted by molar-refractivity contribution is 14.1. The summed E-state index contributed by atoms with van der Waals surface area (Å²) in [5.41, 5.74) is -0.321. The first-order valence-electron chi connectivity index (χ1n) is 13.5. The number of halogens is 1. The maximum Gasteiger partial charge on any atom is 0.349 e. The van der Waals surface area contributed by atoms with Crippen LogP contribution in [0.4, 0.5) is 0 Å². The van der Waals surface area contributed by atoms with Crippen molar-refractivity contribution in [3.05, 3.63) is 85.8 Å². The largest absolute Gasteiger partial charge is 0.482 e. The molecule has 1 aromatic heterocycles. The number of aliphatic hydroxyl groups excluding tert-OH is 2. The van der Waals surface area contributed by atoms with Gasteiger partial charge in [0.15, 0.2) is 0 Å². The maximum absolute atomic E-state index is 14.1. The van der Waals surface area contributed by atoms with Crippen molar-refractivity contribution in [3.63, 3.8) is 0 Å². The Morgan fingerprint density at radius 1 is 1.15 bits per heavy atom. The van der Waals surface area contributed by atoms with E-state index in [1.807, 2.05) is 12.1 Å². The van der Waals surface area contributed by atoms with E-state index in [0.29, 0.717) is 35.3 Å². The average Bonchev–Trinajstić information content (AvgIpc) is 3.49. The lowest BCUT2D eigenvalue weighted by atomic mass is 9.87. The predicted octanol–water partition coefficient (Wildman–Crippen LogP) is 2.63. The number of carbonyl (C=O) groups excluding carboxylic acids is 2. The fraction of sp³-hybridized carbons (Fsp3) is 0.367. The highest BCUT2D eigenvalue weighted by atomic mass is 127. The number of para-hydroxylation sites is 2. The molecular formula is C30H31IN2O8. The molecule has 0 radical (unpaired) electrons. The zero-order valence-corrected chi connectivity index (χ0v) is 24.4. The van der Waals surface area contributed by atoms with Crippen molar-refractivity contribution in [2.24, 2.45) is 0 Å². The molecule has 1 aliphatic carbocycles. The summed E-state index contributed by atoms with van der Waals surface area (Å²) in [6.45, 7) is 0.454. The third kappa shape index (κ3) is 6.64. The van der Waals surface area contributed by atoms with Gasteiger partial charge in [-0.25, -0.2) is 4.79 Å². The number of amides is 2. The van der Waals surface area contributed by atoms with Crippen LogP contribution in [0, 0.1) is 3.57 Å². The molecule has 0 unspecified atom stereocenters. The van der Waals surface area contributed by atoms with E-state index < -0.39 is 35.7 Å². The Kier molecular flexibility index (Phi) is 9.38. The lowest BCUT2D eigenvalue weighted by Gasteiger charge is -2.41. The van der Waals surface area contributed by atoms with E-state index in [9.17, 15) is 24.6 Å². The maximum atomic E-state index is 14.1. The molecule has 10 nitrogen and oxygen atoms in total. The highest BCUT2D eigenvalue weighted by Gasteiger charge is 2.42. The summed E-state index contributed by atoms with van der Waals surface area (Å²) in [6.07, 6.45) is 0.569. The molecule has 1 saturated heterocycles. The smallest absolute Gasteiger partial charge is 0.349 e. The Balaban J connectivity index is 1.54. The SMILES string of the molecule is O=C(NCCO)C1=C[C@H](Oc2ccccc2I)[C@@H](O)[C@H](N(C[C@H]2CCCO2)C(=O)c2cc3ccccc3oc2=O)C1. The molecule has 2 aromatic carbocycles. The third-order valence-corrected chi connectivity index (χ3v) is 8.16. The minimum atomic E-state index is -1.24. The fourth-order valence-corrected chi connectivity index (χ4v) is 5.72. The van der Waals surface area contributed by atoms with Gasteiger partial charge in [0.1, 0.15) is 29.1 Å². The molecule has 1 fully saturated rings. The number of nitrogens with zero attached hydrogens (tertiary/aromatic N) is 1. The summed E-state index contributed by atoms with van der Waals surface area (Å²) in [6, 6.07) is 14.7. The summed E-state index contributed by atoms with van der Waals surface area (Å²) in [5.74, 6) is -0.563. The van der Waals surface area contributed by atoms with E-state index in [0.717, 1.165) is 9.99 Å². The van der Waals surface area contributed by atoms with Crippen LogP contribution in [0.1, 0.15) is 29.6 Å². The molecule has 1 aliphatic heterocycles. The van der Waals surface area contributed by atoms with Crippen LogP contribution in [-0.4, -0.2) is 77.6 Å². The molecule has 0 bridgehead atoms. The molecule has 3 aromatic rings. The van der Waals surface area contributed by atoms with Crippen molar-refractivity contribution in [1.82, 2.24) is 10.2 Å². The quantitative estimate of drug-likeness (QED) is 0.233. The number of benzene rings is 2. The van der Waals surface area contributed by atoms with Crippen LogP contribution in [-0.2, 0) is 9.53 Å². The second kappa shape index (κ2) is 13.1. The number of hydrogen-bond acceptors (Lipinski definition) is 8. The molecule has 2 aliphatic rings. The van der Waals surface area contributed by atoms with Gasteiger partial charge in [-0.05, 0) is 65.8 Å². The van der Waals surface area contributed by atoms with Gasteiger partial charge < -0.3 is 34.3 Å². The van der Waals surface area contributed by atoms with Crippen molar-refractivity contribution >= 4 is 45.4 Å². The van der Waals surface area contributed by atoms with Gasteiger partial charge in [-0.1, -0.05) is 30.3 Å². The van der Waals surface area contributed by atoms with Crippen molar-refractivity contribution in [2.75, 3.05) is 26.3 Å². The van der Waals surface area contributed by atoms with Gasteiger partial charge in [0.2, 0.25) is 5.91 Å². The van der Waals surface area contributed by atoms with E-state index in [2.05, 4.69) is 27.9 Å². The average molecular weight is 674 g/mol. The van der Waals surface area contributed by atoms with Gasteiger partial charge in [0, 0.05) is 37.1 Å². The molecule has 2 heterocycles. The van der Waals surface area contributed by atoms with Gasteiger partial charge >= 0.3 is 5.63 Å². The minimum absolute atomic E-state index is 0.00153. The molecule has 2 amide bonds. The molecule has 4 atom stereocenters. The lowest BCUT2D eigenvalue weighted by molar-refractivity contribution is -0.118. The Bertz CT molecular complexity index is 1500. The number of hydrogen-bond donors (Lipinski definition) is 3. The second-order valence-corrected chi connectivity index (χ2v) is 11.2. The van der Waals surface area contributed by atoms with E-state index >= 15 is 0 Å². The number of carbonyl (C=O) groups is 2. The van der Waals surface area contributed by atoms with Gasteiger partial charge in [-0.2, -0.15) is 0 Å². The molecule has 0 spiro atoms. The van der Waals surface area contributed by atoms with E-state index in [1.54, 1.807) is 42.5 Å². The number of rotatable bonds is 9. The Labute approximate surface area is 250 Å². The monoisotopic (exact) mass is 674 g/mol. The second-order valence-electron chi connectivity index (χ2n) is 10.0. The van der Waals surface area contributed by atoms with Gasteiger partial charge in [0.25, 0.3) is 5.91 Å². The van der Waals surface area contributed by atoms with Gasteiger partial charge in [0.05, 0.1) is 22.3 Å². The molecule has 5 rings (SSSR count). The predicted molar refractivity (Wildman–Crippen MR) is 159 cm³/mol. The van der Waals surface area contributed by atoms with E-state index in [4.69, 9.17) is 13.9 Å². The first-order valence-corrected chi connectivity index (χ1v) is 14.6. The van der Waals surface area contributed by atoms with E-state index in [1.165, 1.54) is 11.0 Å². The zero-order chi connectivity index (χ0) is 28.9. The lowest BCUT2D eigenvalue weighted by Crippen LogP contribution is -2.57. The van der Waals surface area contributed by atoms with Crippen molar-refractivity contribution in [3.8, 4) is 5.75 Å². The van der Waals surface area contributed by atoms with Crippen LogP contribution in [0.5, 0.6) is 5.75 Å². The van der Waals surface area contributed by atoms with E-state index in [-0.39, 0.29) is 37.8 Å². The van der Waals surface area contributed by atoms with Crippen LogP contribution in [0.2, 0.25) is 0 Å². The number of aliphatic hydroxyl groups is 2. The van der Waals surface area contributed by atoms with Crippen molar-refractivity contribution in [2.45, 2.75) is 43.6 Å². The summed E-state index contributed by atoms with van der Waals surface area (Å²) >= 11 is 2.12. The normalized spacial score (nSPS) is 22.3. The standard InChI is InChI=1S/C30H31IN2O8/c31-22-8-2-4-10-25(22)40-26-16-19(28(36)32-11-12-34)15-23(27(26)35)33(17-20-7-5-13-39-20)29(37)21-14-18-6-1-3-9-24(18)41-30(21)38/h1-4,6,8-10,14,16,20,23,26-27,34-35H,5,7,11-13,15,17H2,(H,32,36)/t20-,23-,26+,27+/m1/s1. The Hall–Kier alpha value is -3.26. The topological polar surface area (TPSA) is 139 Å². The van der Waals surface area contributed by atoms with Crippen LogP contribution in [0.15, 0.2) is 75.5 Å². The van der Waals surface area contributed by atoms with Crippen molar-refractivity contribution in [1.29, 1.82) is 0 Å². The summed E-state index contributed by atoms with van der Waals surface area (Å²) in [7, 11) is 0. The number of ether oxygens (including phenoxy) is 2. The first kappa shape index (κ1) is 29.2. The zero-order valence-electron chi connectivity index (χ0n) is 22.2. The summed E-state index contributed by atoms with van der Waals surface area (Å²) in [4.78, 5) is 41.6. The molecule has 0 saturated carbocycles. The molecule has 41 heavy (non-hydrogen) atoms. The Morgan fingerprint density at radius 3 is 2.68 bits per heavy atom. The third-order valence-electron chi connectivity index (χ3n) is 7.27.